The van der Waals surface area contributed by atoms with E-state index in [0.29, 0.717) is 22.9 Å². The molecule has 4 nitrogen and oxygen atoms in total. The van der Waals surface area contributed by atoms with E-state index < -0.39 is 0 Å². The summed E-state index contributed by atoms with van der Waals surface area (Å²) in [4.78, 5) is 14.7. The Morgan fingerprint density at radius 3 is 2.60 bits per heavy atom. The first-order valence-corrected chi connectivity index (χ1v) is 7.78. The number of terminal acetylenes is 1. The Bertz CT molecular complexity index is 879. The van der Waals surface area contributed by atoms with Gasteiger partial charge >= 0.3 is 0 Å². The molecule has 25 heavy (non-hydrogen) atoms. The van der Waals surface area contributed by atoms with Crippen molar-refractivity contribution in [2.24, 2.45) is 0 Å². The molecular weight excluding hydrogens is 382 g/mol. The van der Waals surface area contributed by atoms with Gasteiger partial charge in [0.05, 0.1) is 0 Å². The van der Waals surface area contributed by atoms with Crippen LogP contribution in [0.3, 0.4) is 0 Å². The van der Waals surface area contributed by atoms with Gasteiger partial charge in [-0.3, -0.25) is 9.78 Å². The number of benzene rings is 1. The zero-order chi connectivity index (χ0) is 18.5. The van der Waals surface area contributed by atoms with Crippen LogP contribution in [0.5, 0.6) is 11.5 Å². The van der Waals surface area contributed by atoms with E-state index in [4.69, 9.17) is 11.2 Å². The maximum absolute atomic E-state index is 10.8. The van der Waals surface area contributed by atoms with E-state index in [9.17, 15) is 9.90 Å². The predicted octanol–water partition coefficient (Wildman–Crippen LogP) is 3.59. The number of ether oxygens (including phenoxy) is 1. The van der Waals surface area contributed by atoms with Gasteiger partial charge in [-0.05, 0) is 76.4 Å². The van der Waals surface area contributed by atoms with E-state index in [1.165, 1.54) is 12.1 Å². The Hall–Kier alpha value is -3.20. The lowest BCUT2D eigenvalue weighted by molar-refractivity contribution is 0.112. The lowest BCUT2D eigenvalue weighted by atomic mass is 10.2. The molecule has 0 aliphatic heterocycles. The normalized spacial score (nSPS) is 8.20. The third-order valence-corrected chi connectivity index (χ3v) is 3.36. The van der Waals surface area contributed by atoms with Gasteiger partial charge in [0.15, 0.2) is 17.8 Å². The van der Waals surface area contributed by atoms with Crippen molar-refractivity contribution in [3.05, 3.63) is 52.3 Å². The van der Waals surface area contributed by atoms with Crippen LogP contribution in [0.25, 0.3) is 0 Å². The zero-order valence-corrected chi connectivity index (χ0v) is 15.0. The number of pyridine rings is 1. The molecule has 0 bridgehead atoms. The lowest BCUT2D eigenvalue weighted by Crippen LogP contribution is -1.97. The molecule has 0 radical (unpaired) electrons. The molecule has 0 spiro atoms. The summed E-state index contributed by atoms with van der Waals surface area (Å²) in [5.41, 5.74) is 1.36. The van der Waals surface area contributed by atoms with Crippen LogP contribution in [0.4, 0.5) is 0 Å². The first kappa shape index (κ1) is 19.8. The molecule has 0 amide bonds. The van der Waals surface area contributed by atoms with Gasteiger partial charge in [0.25, 0.3) is 0 Å². The fraction of sp³-hybridized carbons (Fsp3) is 0.100. The van der Waals surface area contributed by atoms with E-state index in [2.05, 4.69) is 50.5 Å². The molecule has 0 aliphatic rings. The highest BCUT2D eigenvalue weighted by molar-refractivity contribution is 9.10. The number of halogens is 1. The minimum absolute atomic E-state index is 0.0125. The predicted molar refractivity (Wildman–Crippen MR) is 99.8 cm³/mol. The van der Waals surface area contributed by atoms with Crippen LogP contribution < -0.4 is 4.74 Å². The molecule has 1 aromatic carbocycles. The monoisotopic (exact) mass is 395 g/mol. The van der Waals surface area contributed by atoms with E-state index in [1.807, 2.05) is 12.1 Å². The first-order chi connectivity index (χ1) is 12.1. The van der Waals surface area contributed by atoms with E-state index in [1.54, 1.807) is 19.3 Å². The topological polar surface area (TPSA) is 59.4 Å². The van der Waals surface area contributed by atoms with Crippen LogP contribution in [0.1, 0.15) is 22.8 Å². The van der Waals surface area contributed by atoms with Gasteiger partial charge in [0.2, 0.25) is 0 Å². The molecule has 0 saturated carbocycles. The fourth-order valence-corrected chi connectivity index (χ4v) is 1.96. The van der Waals surface area contributed by atoms with Crippen molar-refractivity contribution in [3.63, 3.8) is 0 Å². The number of carbonyl (C=O) groups excluding carboxylic acids is 1. The summed E-state index contributed by atoms with van der Waals surface area (Å²) in [7, 11) is 0. The Morgan fingerprint density at radius 1 is 1.28 bits per heavy atom. The van der Waals surface area contributed by atoms with Gasteiger partial charge in [0, 0.05) is 22.4 Å². The summed E-state index contributed by atoms with van der Waals surface area (Å²) in [6, 6.07) is 6.56. The number of aldehydes is 1. The Labute approximate surface area is 155 Å². The molecule has 1 heterocycles. The zero-order valence-electron chi connectivity index (χ0n) is 13.4. The number of phenols is 1. The van der Waals surface area contributed by atoms with Crippen molar-refractivity contribution in [1.29, 1.82) is 0 Å². The second-order valence-electron chi connectivity index (χ2n) is 4.37. The molecule has 2 aromatic rings. The van der Waals surface area contributed by atoms with Gasteiger partial charge in [-0.2, -0.15) is 0 Å². The van der Waals surface area contributed by atoms with Crippen molar-refractivity contribution in [2.45, 2.75) is 13.5 Å². The SMILES string of the molecule is C#CC#CC#CC.O=Cc1cc(OCc2ccncc2)c(O)cc1Br. The molecular formula is C20H14BrNO3. The number of aromatic hydroxyl groups is 1. The maximum Gasteiger partial charge on any atom is 0.162 e. The molecule has 0 saturated heterocycles. The van der Waals surface area contributed by atoms with E-state index >= 15 is 0 Å². The Kier molecular flexibility index (Phi) is 9.01. The quantitative estimate of drug-likeness (QED) is 0.634. The smallest absolute Gasteiger partial charge is 0.162 e. The van der Waals surface area contributed by atoms with Crippen LogP contribution >= 0.6 is 15.9 Å². The second kappa shape index (κ2) is 11.4. The average Bonchev–Trinajstić information content (AvgIpc) is 2.63. The molecule has 0 aliphatic carbocycles. The third kappa shape index (κ3) is 7.27. The number of hydrogen-bond acceptors (Lipinski definition) is 4. The number of aromatic nitrogens is 1. The molecule has 1 N–H and O–H groups in total. The molecule has 0 atom stereocenters. The standard InChI is InChI=1S/C13H10BrNO3.C7H4/c14-11-6-12(17)13(5-10(11)7-16)18-8-9-1-3-15-4-2-9;1-3-5-7-6-4-2/h1-7,17H,8H2;1H,2H3. The second-order valence-corrected chi connectivity index (χ2v) is 5.23. The van der Waals surface area contributed by atoms with Gasteiger partial charge in [-0.1, -0.05) is 5.92 Å². The Balaban J connectivity index is 0.000000381. The molecule has 0 unspecified atom stereocenters. The van der Waals surface area contributed by atoms with Gasteiger partial charge in [-0.25, -0.2) is 0 Å². The molecule has 5 heteroatoms. The van der Waals surface area contributed by atoms with Crippen molar-refractivity contribution in [1.82, 2.24) is 4.98 Å². The van der Waals surface area contributed by atoms with Crippen molar-refractivity contribution in [2.75, 3.05) is 0 Å². The van der Waals surface area contributed by atoms with Gasteiger partial charge < -0.3 is 9.84 Å². The van der Waals surface area contributed by atoms with Crippen LogP contribution in [0.15, 0.2) is 41.1 Å². The molecule has 124 valence electrons. The van der Waals surface area contributed by atoms with Crippen LogP contribution in [0.2, 0.25) is 0 Å². The maximum atomic E-state index is 10.8. The highest BCUT2D eigenvalue weighted by Gasteiger charge is 2.08. The lowest BCUT2D eigenvalue weighted by Gasteiger charge is -2.09. The van der Waals surface area contributed by atoms with E-state index in [0.717, 1.165) is 5.56 Å². The largest absolute Gasteiger partial charge is 0.504 e. The van der Waals surface area contributed by atoms with Crippen molar-refractivity contribution < 1.29 is 14.6 Å². The highest BCUT2D eigenvalue weighted by atomic mass is 79.9. The van der Waals surface area contributed by atoms with Gasteiger partial charge in [0.1, 0.15) is 6.61 Å². The average molecular weight is 396 g/mol. The number of carbonyl (C=O) groups is 1. The van der Waals surface area contributed by atoms with Gasteiger partial charge in [-0.15, -0.1) is 6.42 Å². The van der Waals surface area contributed by atoms with Crippen LogP contribution in [-0.2, 0) is 6.61 Å². The Morgan fingerprint density at radius 2 is 2.00 bits per heavy atom. The summed E-state index contributed by atoms with van der Waals surface area (Å²) in [6.45, 7) is 2.02. The third-order valence-electron chi connectivity index (χ3n) is 2.67. The van der Waals surface area contributed by atoms with E-state index in [-0.39, 0.29) is 11.5 Å². The fourth-order valence-electron chi connectivity index (χ4n) is 1.53. The van der Waals surface area contributed by atoms with Crippen molar-refractivity contribution in [3.8, 4) is 47.5 Å². The van der Waals surface area contributed by atoms with Crippen LogP contribution in [-0.4, -0.2) is 16.4 Å². The summed E-state index contributed by atoms with van der Waals surface area (Å²) < 4.78 is 6.00. The molecule has 1 aromatic heterocycles. The summed E-state index contributed by atoms with van der Waals surface area (Å²) >= 11 is 3.18. The number of nitrogens with zero attached hydrogens (tertiary/aromatic N) is 1. The number of hydrogen-bond donors (Lipinski definition) is 1. The highest BCUT2D eigenvalue weighted by Crippen LogP contribution is 2.32. The summed E-state index contributed by atoms with van der Waals surface area (Å²) in [6.07, 6.45) is 8.80. The summed E-state index contributed by atoms with van der Waals surface area (Å²) in [5, 5.41) is 9.71. The number of rotatable bonds is 4. The van der Waals surface area contributed by atoms with Crippen LogP contribution in [0, 0.1) is 36.0 Å². The minimum Gasteiger partial charge on any atom is -0.504 e. The van der Waals surface area contributed by atoms with Crippen molar-refractivity contribution >= 4 is 22.2 Å². The molecule has 2 rings (SSSR count). The molecule has 0 fully saturated rings. The number of phenolic OH excluding ortho intramolecular Hbond substituents is 1. The summed E-state index contributed by atoms with van der Waals surface area (Å²) in [5.74, 6) is 12.3. The minimum atomic E-state index is -0.0125. The first-order valence-electron chi connectivity index (χ1n) is 6.99.